The molecule has 2 aliphatic heterocycles. The Hall–Kier alpha value is -1.69. The molecule has 0 unspecified atom stereocenters. The van der Waals surface area contributed by atoms with E-state index in [2.05, 4.69) is 4.99 Å². The maximum Gasteiger partial charge on any atom is 0.312 e. The number of methoxy groups -OCH3 is 1. The topological polar surface area (TPSA) is 74.2 Å². The molecule has 0 spiro atoms. The molecule has 0 radical (unpaired) electrons. The molecule has 20 heavy (non-hydrogen) atoms. The summed E-state index contributed by atoms with van der Waals surface area (Å²) in [6.45, 7) is 4.39. The van der Waals surface area contributed by atoms with E-state index in [-0.39, 0.29) is 12.7 Å². The van der Waals surface area contributed by atoms with Crippen molar-refractivity contribution in [2.24, 2.45) is 16.8 Å². The number of nitrogens with zero attached hydrogens (tertiary/aromatic N) is 1. The highest BCUT2D eigenvalue weighted by atomic mass is 16.6. The predicted octanol–water partition coefficient (Wildman–Crippen LogP) is 0.753. The highest BCUT2D eigenvalue weighted by Crippen LogP contribution is 2.40. The van der Waals surface area contributed by atoms with Crippen LogP contribution in [0.5, 0.6) is 0 Å². The first-order valence-electron chi connectivity index (χ1n) is 6.60. The first-order valence-corrected chi connectivity index (χ1v) is 6.60. The molecule has 110 valence electrons. The smallest absolute Gasteiger partial charge is 0.312 e. The van der Waals surface area contributed by atoms with Crippen molar-refractivity contribution in [1.82, 2.24) is 0 Å². The Morgan fingerprint density at radius 1 is 1.15 bits per heavy atom. The molecular weight excluding hydrogens is 262 g/mol. The van der Waals surface area contributed by atoms with Crippen molar-refractivity contribution in [2.75, 3.05) is 20.3 Å². The van der Waals surface area contributed by atoms with Gasteiger partial charge in [0, 0.05) is 5.71 Å². The molecule has 2 aliphatic rings. The molecule has 6 nitrogen and oxygen atoms in total. The van der Waals surface area contributed by atoms with Crippen molar-refractivity contribution in [3.63, 3.8) is 0 Å². The molecule has 0 aromatic carbocycles. The second kappa shape index (κ2) is 6.17. The van der Waals surface area contributed by atoms with E-state index in [9.17, 15) is 9.59 Å². The van der Waals surface area contributed by atoms with Crippen LogP contribution < -0.4 is 0 Å². The summed E-state index contributed by atoms with van der Waals surface area (Å²) in [4.78, 5) is 28.0. The number of esters is 2. The number of hydrogen-bond acceptors (Lipinski definition) is 6. The maximum atomic E-state index is 12.1. The van der Waals surface area contributed by atoms with Crippen molar-refractivity contribution in [2.45, 2.75) is 26.1 Å². The molecule has 0 aliphatic carbocycles. The molecular formula is C14H19NO5. The van der Waals surface area contributed by atoms with Crippen LogP contribution in [0.15, 0.2) is 17.1 Å². The second-order valence-corrected chi connectivity index (χ2v) is 5.02. The fourth-order valence-electron chi connectivity index (χ4n) is 2.52. The lowest BCUT2D eigenvalue weighted by Crippen LogP contribution is -2.38. The number of fused-ring (bicyclic) bond motifs is 2. The number of rotatable bonds is 5. The van der Waals surface area contributed by atoms with Crippen molar-refractivity contribution < 1.29 is 23.8 Å². The van der Waals surface area contributed by atoms with Crippen molar-refractivity contribution in [3.05, 3.63) is 12.2 Å². The lowest BCUT2D eigenvalue weighted by molar-refractivity contribution is -0.158. The van der Waals surface area contributed by atoms with E-state index in [1.807, 2.05) is 13.8 Å². The van der Waals surface area contributed by atoms with Crippen LogP contribution in [0.3, 0.4) is 0 Å². The van der Waals surface area contributed by atoms with Crippen LogP contribution in [0.25, 0.3) is 0 Å². The van der Waals surface area contributed by atoms with Crippen molar-refractivity contribution in [3.8, 4) is 0 Å². The first kappa shape index (κ1) is 14.7. The molecule has 4 atom stereocenters. The Balaban J connectivity index is 1.96. The quantitative estimate of drug-likeness (QED) is 0.322. The van der Waals surface area contributed by atoms with Gasteiger partial charge in [-0.3, -0.25) is 14.6 Å². The van der Waals surface area contributed by atoms with Gasteiger partial charge in [-0.05, 0) is 13.8 Å². The Morgan fingerprint density at radius 2 is 1.75 bits per heavy atom. The summed E-state index contributed by atoms with van der Waals surface area (Å²) in [5.41, 5.74) is 0.930. The van der Waals surface area contributed by atoms with Gasteiger partial charge in [-0.25, -0.2) is 0 Å². The van der Waals surface area contributed by atoms with E-state index >= 15 is 0 Å². The molecule has 2 rings (SSSR count). The molecule has 0 saturated carbocycles. The third kappa shape index (κ3) is 2.90. The Morgan fingerprint density at radius 3 is 2.30 bits per heavy atom. The summed E-state index contributed by atoms with van der Waals surface area (Å²) in [5.74, 6) is -2.10. The predicted molar refractivity (Wildman–Crippen MR) is 71.4 cm³/mol. The maximum absolute atomic E-state index is 12.1. The van der Waals surface area contributed by atoms with Gasteiger partial charge in [-0.2, -0.15) is 0 Å². The van der Waals surface area contributed by atoms with Gasteiger partial charge in [0.2, 0.25) is 0 Å². The van der Waals surface area contributed by atoms with E-state index in [1.165, 1.54) is 7.11 Å². The molecule has 0 aromatic rings. The minimum atomic E-state index is -0.621. The number of carbonyl (C=O) groups is 2. The standard InChI is InChI=1S/C14H19NO5/c1-8(2)15-6-7-19-14(17)12-10-5-4-9(20-10)11(12)13(16)18-3/h4-5,9-12H,6-7H2,1-3H3/t9-,10+,11-,12+/m1/s1. The lowest BCUT2D eigenvalue weighted by Gasteiger charge is -2.21. The Kier molecular flexibility index (Phi) is 4.54. The van der Waals surface area contributed by atoms with E-state index in [0.717, 1.165) is 5.71 Å². The van der Waals surface area contributed by atoms with Crippen LogP contribution in [0.1, 0.15) is 13.8 Å². The third-order valence-electron chi connectivity index (χ3n) is 3.41. The van der Waals surface area contributed by atoms with Crippen molar-refractivity contribution in [1.29, 1.82) is 0 Å². The minimum Gasteiger partial charge on any atom is -0.469 e. The molecule has 0 amide bonds. The minimum absolute atomic E-state index is 0.204. The van der Waals surface area contributed by atoms with Crippen LogP contribution in [0.4, 0.5) is 0 Å². The van der Waals surface area contributed by atoms with E-state index in [1.54, 1.807) is 12.2 Å². The van der Waals surface area contributed by atoms with E-state index in [4.69, 9.17) is 14.2 Å². The zero-order valence-corrected chi connectivity index (χ0v) is 11.9. The summed E-state index contributed by atoms with van der Waals surface area (Å²) in [6, 6.07) is 0. The van der Waals surface area contributed by atoms with Gasteiger partial charge in [-0.1, -0.05) is 12.2 Å². The third-order valence-corrected chi connectivity index (χ3v) is 3.41. The van der Waals surface area contributed by atoms with Crippen LogP contribution in [-0.2, 0) is 23.8 Å². The normalized spacial score (nSPS) is 30.1. The summed E-state index contributed by atoms with van der Waals surface area (Å²) >= 11 is 0. The molecule has 2 heterocycles. The van der Waals surface area contributed by atoms with Gasteiger partial charge in [0.15, 0.2) is 0 Å². The highest BCUT2D eigenvalue weighted by Gasteiger charge is 2.54. The summed E-state index contributed by atoms with van der Waals surface area (Å²) in [5, 5.41) is 0. The van der Waals surface area contributed by atoms with E-state index < -0.39 is 29.9 Å². The highest BCUT2D eigenvalue weighted by molar-refractivity contribution is 5.85. The summed E-state index contributed by atoms with van der Waals surface area (Å²) in [6.07, 6.45) is 2.81. The average Bonchev–Trinajstić information content (AvgIpc) is 3.02. The molecule has 1 fully saturated rings. The van der Waals surface area contributed by atoms with Gasteiger partial charge in [0.25, 0.3) is 0 Å². The van der Waals surface area contributed by atoms with Gasteiger partial charge in [0.1, 0.15) is 18.4 Å². The fourth-order valence-corrected chi connectivity index (χ4v) is 2.52. The SMILES string of the molecule is COC(=O)[C@H]1[C@@H](C(=O)OCCN=C(C)C)[C@@H]2C=C[C@H]1O2. The number of ether oxygens (including phenoxy) is 3. The van der Waals surface area contributed by atoms with E-state index in [0.29, 0.717) is 6.54 Å². The van der Waals surface area contributed by atoms with Gasteiger partial charge in [-0.15, -0.1) is 0 Å². The van der Waals surface area contributed by atoms with Crippen molar-refractivity contribution >= 4 is 17.7 Å². The molecule has 2 bridgehead atoms. The van der Waals surface area contributed by atoms with Crippen LogP contribution in [0, 0.1) is 11.8 Å². The zero-order valence-electron chi connectivity index (χ0n) is 11.9. The number of carbonyl (C=O) groups excluding carboxylic acids is 2. The molecule has 0 N–H and O–H groups in total. The van der Waals surface area contributed by atoms with Gasteiger partial charge >= 0.3 is 11.9 Å². The lowest BCUT2D eigenvalue weighted by atomic mass is 9.83. The number of hydrogen-bond donors (Lipinski definition) is 0. The average molecular weight is 281 g/mol. The summed E-state index contributed by atoms with van der Waals surface area (Å²) < 4.78 is 15.5. The summed E-state index contributed by atoms with van der Waals surface area (Å²) in [7, 11) is 1.30. The fraction of sp³-hybridized carbons (Fsp3) is 0.643. The number of aliphatic imine (C=N–C) groups is 1. The molecule has 6 heteroatoms. The monoisotopic (exact) mass is 281 g/mol. The van der Waals surface area contributed by atoms with Crippen LogP contribution >= 0.6 is 0 Å². The van der Waals surface area contributed by atoms with Crippen LogP contribution in [0.2, 0.25) is 0 Å². The van der Waals surface area contributed by atoms with Gasteiger partial charge < -0.3 is 14.2 Å². The Labute approximate surface area is 117 Å². The first-order chi connectivity index (χ1) is 9.54. The molecule has 0 aromatic heterocycles. The van der Waals surface area contributed by atoms with Crippen LogP contribution in [-0.4, -0.2) is 50.1 Å². The largest absolute Gasteiger partial charge is 0.469 e. The second-order valence-electron chi connectivity index (χ2n) is 5.02. The zero-order chi connectivity index (χ0) is 14.7. The van der Waals surface area contributed by atoms with Gasteiger partial charge in [0.05, 0.1) is 25.9 Å². The Bertz CT molecular complexity index is 452. The molecule has 1 saturated heterocycles.